The molecule has 0 amide bonds. The summed E-state index contributed by atoms with van der Waals surface area (Å²) in [5.74, 6) is 0.632. The summed E-state index contributed by atoms with van der Waals surface area (Å²) in [4.78, 5) is 12.4. The van der Waals surface area contributed by atoms with Crippen molar-refractivity contribution in [1.82, 2.24) is 0 Å². The van der Waals surface area contributed by atoms with Crippen LogP contribution in [0.3, 0.4) is 0 Å². The van der Waals surface area contributed by atoms with Gasteiger partial charge in [0.1, 0.15) is 0 Å². The zero-order valence-corrected chi connectivity index (χ0v) is 26.1. The first-order valence-corrected chi connectivity index (χ1v) is 17.4. The van der Waals surface area contributed by atoms with Gasteiger partial charge in [-0.15, -0.1) is 0 Å². The molecule has 37 heavy (non-hydrogen) atoms. The average Bonchev–Trinajstić information content (AvgIpc) is 2.90. The van der Waals surface area contributed by atoms with Gasteiger partial charge in [0.2, 0.25) is 0 Å². The van der Waals surface area contributed by atoms with Crippen LogP contribution in [0.2, 0.25) is 0 Å². The van der Waals surface area contributed by atoms with Crippen LogP contribution in [0.1, 0.15) is 207 Å². The highest BCUT2D eigenvalue weighted by Gasteiger charge is 2.12. The highest BCUT2D eigenvalue weighted by molar-refractivity contribution is 5.69. The minimum atomic E-state index is 0.0520. The van der Waals surface area contributed by atoms with Gasteiger partial charge in [-0.05, 0) is 25.2 Å². The normalized spacial score (nSPS) is 12.2. The van der Waals surface area contributed by atoms with Crippen LogP contribution in [0.25, 0.3) is 0 Å². The molecule has 0 radical (unpaired) electrons. The maximum Gasteiger partial charge on any atom is 0.305 e. The summed E-state index contributed by atoms with van der Waals surface area (Å²) in [6.45, 7) is 7.52. The van der Waals surface area contributed by atoms with Crippen LogP contribution in [0.4, 0.5) is 0 Å². The van der Waals surface area contributed by atoms with Gasteiger partial charge in [0.15, 0.2) is 0 Å². The third-order valence-corrected chi connectivity index (χ3v) is 8.15. The Hall–Kier alpha value is -0.530. The number of rotatable bonds is 31. The first kappa shape index (κ1) is 36.5. The van der Waals surface area contributed by atoms with E-state index in [1.165, 1.54) is 173 Å². The van der Waals surface area contributed by atoms with Crippen molar-refractivity contribution in [2.75, 3.05) is 6.61 Å². The molecular weight excluding hydrogens is 452 g/mol. The number of hydrogen-bond acceptors (Lipinski definition) is 2. The van der Waals surface area contributed by atoms with E-state index in [2.05, 4.69) is 20.8 Å². The number of esters is 1. The summed E-state index contributed by atoms with van der Waals surface area (Å²) in [6.07, 6.45) is 38.2. The maximum atomic E-state index is 12.4. The standard InChI is InChI=1S/C35H70O2/c1-4-7-10-13-16-18-20-23-26-29-32-35(36)37-33-34(30-27-24-21-15-12-9-6-3)31-28-25-22-19-17-14-11-8-5-2/h34H,4-33H2,1-3H3. The third-order valence-electron chi connectivity index (χ3n) is 8.15. The molecule has 222 valence electrons. The smallest absolute Gasteiger partial charge is 0.305 e. The van der Waals surface area contributed by atoms with Crippen molar-refractivity contribution in [2.45, 2.75) is 207 Å². The lowest BCUT2D eigenvalue weighted by Crippen LogP contribution is -2.14. The Morgan fingerprint density at radius 2 is 0.730 bits per heavy atom. The van der Waals surface area contributed by atoms with Crippen molar-refractivity contribution in [3.63, 3.8) is 0 Å². The van der Waals surface area contributed by atoms with Crippen molar-refractivity contribution in [2.24, 2.45) is 5.92 Å². The van der Waals surface area contributed by atoms with Crippen LogP contribution in [0.5, 0.6) is 0 Å². The van der Waals surface area contributed by atoms with Gasteiger partial charge in [0.05, 0.1) is 6.61 Å². The maximum absolute atomic E-state index is 12.4. The predicted octanol–water partition coefficient (Wildman–Crippen LogP) is 12.5. The second kappa shape index (κ2) is 31.7. The first-order valence-electron chi connectivity index (χ1n) is 17.4. The van der Waals surface area contributed by atoms with Gasteiger partial charge in [-0.1, -0.05) is 181 Å². The molecule has 0 N–H and O–H groups in total. The summed E-state index contributed by atoms with van der Waals surface area (Å²) >= 11 is 0. The molecule has 0 aromatic rings. The van der Waals surface area contributed by atoms with Gasteiger partial charge in [0, 0.05) is 6.42 Å². The molecular formula is C35H70O2. The van der Waals surface area contributed by atoms with Crippen molar-refractivity contribution < 1.29 is 9.53 Å². The summed E-state index contributed by atoms with van der Waals surface area (Å²) in [5.41, 5.74) is 0. The number of unbranched alkanes of at least 4 members (excludes halogenated alkanes) is 23. The van der Waals surface area contributed by atoms with Crippen LogP contribution in [0.15, 0.2) is 0 Å². The van der Waals surface area contributed by atoms with Gasteiger partial charge >= 0.3 is 5.97 Å². The lowest BCUT2D eigenvalue weighted by atomic mass is 9.94. The molecule has 0 aromatic heterocycles. The predicted molar refractivity (Wildman–Crippen MR) is 165 cm³/mol. The Balaban J connectivity index is 3.96. The van der Waals surface area contributed by atoms with E-state index in [9.17, 15) is 4.79 Å². The van der Waals surface area contributed by atoms with E-state index in [1.54, 1.807) is 0 Å². The fraction of sp³-hybridized carbons (Fsp3) is 0.971. The fourth-order valence-electron chi connectivity index (χ4n) is 5.48. The summed E-state index contributed by atoms with van der Waals surface area (Å²) in [5, 5.41) is 0. The Kier molecular flexibility index (Phi) is 31.2. The van der Waals surface area contributed by atoms with E-state index in [4.69, 9.17) is 4.74 Å². The molecule has 2 heteroatoms. The zero-order valence-electron chi connectivity index (χ0n) is 26.1. The molecule has 0 fully saturated rings. The molecule has 0 rings (SSSR count). The summed E-state index contributed by atoms with van der Waals surface area (Å²) < 4.78 is 5.79. The molecule has 0 aliphatic heterocycles. The highest BCUT2D eigenvalue weighted by Crippen LogP contribution is 2.21. The molecule has 0 aliphatic rings. The van der Waals surface area contributed by atoms with E-state index >= 15 is 0 Å². The Bertz CT molecular complexity index is 433. The second-order valence-corrected chi connectivity index (χ2v) is 12.0. The van der Waals surface area contributed by atoms with Crippen molar-refractivity contribution in [1.29, 1.82) is 0 Å². The quantitative estimate of drug-likeness (QED) is 0.0668. The molecule has 0 saturated carbocycles. The van der Waals surface area contributed by atoms with Gasteiger partial charge in [-0.25, -0.2) is 0 Å². The molecule has 0 aliphatic carbocycles. The lowest BCUT2D eigenvalue weighted by molar-refractivity contribution is -0.145. The minimum absolute atomic E-state index is 0.0520. The number of ether oxygens (including phenoxy) is 1. The second-order valence-electron chi connectivity index (χ2n) is 12.0. The van der Waals surface area contributed by atoms with Gasteiger partial charge in [-0.2, -0.15) is 0 Å². The Labute approximate surface area is 234 Å². The molecule has 0 aromatic carbocycles. The zero-order chi connectivity index (χ0) is 27.1. The fourth-order valence-corrected chi connectivity index (χ4v) is 5.48. The molecule has 2 nitrogen and oxygen atoms in total. The average molecular weight is 523 g/mol. The summed E-state index contributed by atoms with van der Waals surface area (Å²) in [6, 6.07) is 0. The van der Waals surface area contributed by atoms with E-state index < -0.39 is 0 Å². The molecule has 1 unspecified atom stereocenters. The van der Waals surface area contributed by atoms with Crippen LogP contribution in [-0.4, -0.2) is 12.6 Å². The van der Waals surface area contributed by atoms with E-state index in [1.807, 2.05) is 0 Å². The summed E-state index contributed by atoms with van der Waals surface area (Å²) in [7, 11) is 0. The minimum Gasteiger partial charge on any atom is -0.465 e. The van der Waals surface area contributed by atoms with Gasteiger partial charge < -0.3 is 4.74 Å². The Morgan fingerprint density at radius 1 is 0.432 bits per heavy atom. The van der Waals surface area contributed by atoms with Crippen LogP contribution >= 0.6 is 0 Å². The molecule has 1 atom stereocenters. The third kappa shape index (κ3) is 29.9. The number of hydrogen-bond donors (Lipinski definition) is 0. The van der Waals surface area contributed by atoms with Crippen LogP contribution in [-0.2, 0) is 9.53 Å². The number of carbonyl (C=O) groups excluding carboxylic acids is 1. The molecule has 0 saturated heterocycles. The van der Waals surface area contributed by atoms with E-state index in [0.29, 0.717) is 18.9 Å². The van der Waals surface area contributed by atoms with Crippen molar-refractivity contribution in [3.8, 4) is 0 Å². The highest BCUT2D eigenvalue weighted by atomic mass is 16.5. The largest absolute Gasteiger partial charge is 0.465 e. The van der Waals surface area contributed by atoms with Crippen molar-refractivity contribution >= 4 is 5.97 Å². The monoisotopic (exact) mass is 523 g/mol. The van der Waals surface area contributed by atoms with Crippen LogP contribution in [0, 0.1) is 5.92 Å². The van der Waals surface area contributed by atoms with Gasteiger partial charge in [-0.3, -0.25) is 4.79 Å². The van der Waals surface area contributed by atoms with Gasteiger partial charge in [0.25, 0.3) is 0 Å². The van der Waals surface area contributed by atoms with E-state index in [0.717, 1.165) is 6.42 Å². The van der Waals surface area contributed by atoms with E-state index in [-0.39, 0.29) is 5.97 Å². The SMILES string of the molecule is CCCCCCCCCCCCC(=O)OCC(CCCCCCCCC)CCCCCCCCCCC. The molecule has 0 heterocycles. The number of carbonyl (C=O) groups is 1. The molecule has 0 spiro atoms. The van der Waals surface area contributed by atoms with Crippen molar-refractivity contribution in [3.05, 3.63) is 0 Å². The first-order chi connectivity index (χ1) is 18.2. The lowest BCUT2D eigenvalue weighted by Gasteiger charge is -2.17. The topological polar surface area (TPSA) is 26.3 Å². The molecule has 0 bridgehead atoms. The Morgan fingerprint density at radius 3 is 1.08 bits per heavy atom. The van der Waals surface area contributed by atoms with Crippen LogP contribution < -0.4 is 0 Å².